The Balaban J connectivity index is 1.74. The first-order chi connectivity index (χ1) is 12.6. The first kappa shape index (κ1) is 19.0. The standard InChI is InChI=1S/C20H20N2O4/c1-2-25-17-9-7-15(8-10-17)13-20(24)26-12-11-19(23)22-18-6-4-3-5-16(18)14-21/h3-10H,2,11-13H2,1H3,(H,22,23). The van der Waals surface area contributed by atoms with Crippen LogP contribution in [-0.4, -0.2) is 25.1 Å². The molecule has 0 saturated heterocycles. The molecule has 6 heteroatoms. The van der Waals surface area contributed by atoms with Crippen molar-refractivity contribution in [2.45, 2.75) is 19.8 Å². The lowest BCUT2D eigenvalue weighted by Crippen LogP contribution is -2.17. The van der Waals surface area contributed by atoms with Crippen LogP contribution in [0.5, 0.6) is 5.75 Å². The molecule has 0 saturated carbocycles. The Morgan fingerprint density at radius 2 is 1.85 bits per heavy atom. The van der Waals surface area contributed by atoms with E-state index in [1.807, 2.05) is 13.0 Å². The number of carbonyl (C=O) groups excluding carboxylic acids is 2. The van der Waals surface area contributed by atoms with Gasteiger partial charge in [0.2, 0.25) is 5.91 Å². The van der Waals surface area contributed by atoms with Gasteiger partial charge in [0.05, 0.1) is 30.7 Å². The van der Waals surface area contributed by atoms with Crippen LogP contribution in [0.4, 0.5) is 5.69 Å². The second-order valence-electron chi connectivity index (χ2n) is 5.43. The van der Waals surface area contributed by atoms with Gasteiger partial charge in [0.1, 0.15) is 18.4 Å². The highest BCUT2D eigenvalue weighted by Gasteiger charge is 2.09. The number of hydrogen-bond acceptors (Lipinski definition) is 5. The molecule has 0 heterocycles. The maximum atomic E-state index is 11.9. The van der Waals surface area contributed by atoms with Crippen molar-refractivity contribution < 1.29 is 19.1 Å². The molecule has 0 aliphatic heterocycles. The van der Waals surface area contributed by atoms with Crippen LogP contribution in [0.2, 0.25) is 0 Å². The van der Waals surface area contributed by atoms with E-state index in [-0.39, 0.29) is 25.4 Å². The minimum atomic E-state index is -0.403. The maximum Gasteiger partial charge on any atom is 0.310 e. The van der Waals surface area contributed by atoms with E-state index in [1.54, 1.807) is 48.5 Å². The van der Waals surface area contributed by atoms with E-state index in [4.69, 9.17) is 14.7 Å². The van der Waals surface area contributed by atoms with E-state index in [1.165, 1.54) is 0 Å². The van der Waals surface area contributed by atoms with E-state index >= 15 is 0 Å². The number of nitriles is 1. The summed E-state index contributed by atoms with van der Waals surface area (Å²) in [6.07, 6.45) is 0.153. The van der Waals surface area contributed by atoms with Crippen molar-refractivity contribution >= 4 is 17.6 Å². The number of rotatable bonds is 8. The third-order valence-electron chi connectivity index (χ3n) is 3.50. The van der Waals surface area contributed by atoms with Crippen molar-refractivity contribution in [2.75, 3.05) is 18.5 Å². The van der Waals surface area contributed by atoms with E-state index in [0.29, 0.717) is 17.9 Å². The predicted molar refractivity (Wildman–Crippen MR) is 96.7 cm³/mol. The quantitative estimate of drug-likeness (QED) is 0.738. The fraction of sp³-hybridized carbons (Fsp3) is 0.250. The molecule has 26 heavy (non-hydrogen) atoms. The summed E-state index contributed by atoms with van der Waals surface area (Å²) in [7, 11) is 0. The smallest absolute Gasteiger partial charge is 0.310 e. The van der Waals surface area contributed by atoms with Crippen molar-refractivity contribution in [3.05, 3.63) is 59.7 Å². The summed E-state index contributed by atoms with van der Waals surface area (Å²) in [5, 5.41) is 11.6. The van der Waals surface area contributed by atoms with E-state index < -0.39 is 5.97 Å². The lowest BCUT2D eigenvalue weighted by atomic mass is 10.1. The molecule has 1 N–H and O–H groups in total. The number of amides is 1. The molecule has 2 rings (SSSR count). The molecule has 0 unspecified atom stereocenters. The van der Waals surface area contributed by atoms with Crippen LogP contribution < -0.4 is 10.1 Å². The highest BCUT2D eigenvalue weighted by Crippen LogP contribution is 2.14. The minimum Gasteiger partial charge on any atom is -0.494 e. The second kappa shape index (κ2) is 9.84. The molecule has 0 radical (unpaired) electrons. The molecule has 134 valence electrons. The molecule has 0 aliphatic carbocycles. The van der Waals surface area contributed by atoms with Crippen molar-refractivity contribution in [2.24, 2.45) is 0 Å². The SMILES string of the molecule is CCOc1ccc(CC(=O)OCCC(=O)Nc2ccccc2C#N)cc1. The summed E-state index contributed by atoms with van der Waals surface area (Å²) < 4.78 is 10.4. The van der Waals surface area contributed by atoms with Gasteiger partial charge < -0.3 is 14.8 Å². The van der Waals surface area contributed by atoms with Gasteiger partial charge in [-0.25, -0.2) is 0 Å². The van der Waals surface area contributed by atoms with Gasteiger partial charge in [-0.05, 0) is 36.8 Å². The zero-order valence-electron chi connectivity index (χ0n) is 14.5. The van der Waals surface area contributed by atoms with Crippen LogP contribution in [0.15, 0.2) is 48.5 Å². The van der Waals surface area contributed by atoms with E-state index in [9.17, 15) is 9.59 Å². The first-order valence-corrected chi connectivity index (χ1v) is 8.28. The van der Waals surface area contributed by atoms with E-state index in [2.05, 4.69) is 5.32 Å². The van der Waals surface area contributed by atoms with Gasteiger partial charge in [-0.3, -0.25) is 9.59 Å². The third kappa shape index (κ3) is 5.95. The number of hydrogen-bond donors (Lipinski definition) is 1. The third-order valence-corrected chi connectivity index (χ3v) is 3.50. The number of nitrogens with zero attached hydrogens (tertiary/aromatic N) is 1. The molecule has 2 aromatic carbocycles. The van der Waals surface area contributed by atoms with Crippen molar-refractivity contribution in [1.29, 1.82) is 5.26 Å². The predicted octanol–water partition coefficient (Wildman–Crippen LogP) is 3.07. The summed E-state index contributed by atoms with van der Waals surface area (Å²) in [5.41, 5.74) is 1.64. The summed E-state index contributed by atoms with van der Waals surface area (Å²) in [4.78, 5) is 23.7. The molecule has 1 amide bonds. The lowest BCUT2D eigenvalue weighted by Gasteiger charge is -2.08. The van der Waals surface area contributed by atoms with E-state index in [0.717, 1.165) is 11.3 Å². The Hall–Kier alpha value is -3.33. The number of ether oxygens (including phenoxy) is 2. The molecule has 0 fully saturated rings. The molecule has 6 nitrogen and oxygen atoms in total. The number of esters is 1. The van der Waals surface area contributed by atoms with Crippen molar-refractivity contribution in [1.82, 2.24) is 0 Å². The van der Waals surface area contributed by atoms with Crippen molar-refractivity contribution in [3.63, 3.8) is 0 Å². The average Bonchev–Trinajstić information content (AvgIpc) is 2.64. The zero-order valence-corrected chi connectivity index (χ0v) is 14.5. The molecule has 0 bridgehead atoms. The lowest BCUT2D eigenvalue weighted by molar-refractivity contribution is -0.143. The molecule has 0 atom stereocenters. The summed E-state index contributed by atoms with van der Waals surface area (Å²) >= 11 is 0. The largest absolute Gasteiger partial charge is 0.494 e. The molecule has 0 spiro atoms. The van der Waals surface area contributed by atoms with Crippen LogP contribution in [0, 0.1) is 11.3 Å². The highest BCUT2D eigenvalue weighted by molar-refractivity contribution is 5.92. The van der Waals surface area contributed by atoms with Crippen molar-refractivity contribution in [3.8, 4) is 11.8 Å². The fourth-order valence-corrected chi connectivity index (χ4v) is 2.25. The highest BCUT2D eigenvalue weighted by atomic mass is 16.5. The number of para-hydroxylation sites is 1. The number of nitrogens with one attached hydrogen (secondary N) is 1. The summed E-state index contributed by atoms with van der Waals surface area (Å²) in [5.74, 6) is 0.0277. The van der Waals surface area contributed by atoms with Gasteiger partial charge in [0.15, 0.2) is 0 Å². The second-order valence-corrected chi connectivity index (χ2v) is 5.43. The Labute approximate surface area is 152 Å². The number of anilines is 1. The van der Waals surface area contributed by atoms with Gasteiger partial charge in [-0.15, -0.1) is 0 Å². The average molecular weight is 352 g/mol. The first-order valence-electron chi connectivity index (χ1n) is 8.28. The van der Waals surface area contributed by atoms with Crippen LogP contribution in [-0.2, 0) is 20.7 Å². The monoisotopic (exact) mass is 352 g/mol. The molecule has 0 aromatic heterocycles. The van der Waals surface area contributed by atoms with Crippen LogP contribution in [0.3, 0.4) is 0 Å². The maximum absolute atomic E-state index is 11.9. The Kier molecular flexibility index (Phi) is 7.19. The molecule has 0 aliphatic rings. The Bertz CT molecular complexity index is 794. The topological polar surface area (TPSA) is 88.4 Å². The Morgan fingerprint density at radius 3 is 2.54 bits per heavy atom. The van der Waals surface area contributed by atoms with Gasteiger partial charge in [0.25, 0.3) is 0 Å². The van der Waals surface area contributed by atoms with Gasteiger partial charge in [-0.1, -0.05) is 24.3 Å². The fourth-order valence-electron chi connectivity index (χ4n) is 2.25. The van der Waals surface area contributed by atoms with Gasteiger partial charge >= 0.3 is 5.97 Å². The Morgan fingerprint density at radius 1 is 1.12 bits per heavy atom. The summed E-state index contributed by atoms with van der Waals surface area (Å²) in [6.45, 7) is 2.47. The van der Waals surface area contributed by atoms with Crippen LogP contribution in [0.25, 0.3) is 0 Å². The molecular weight excluding hydrogens is 332 g/mol. The minimum absolute atomic E-state index is 0.0174. The van der Waals surface area contributed by atoms with Gasteiger partial charge in [0, 0.05) is 0 Å². The zero-order chi connectivity index (χ0) is 18.8. The number of carbonyl (C=O) groups is 2. The van der Waals surface area contributed by atoms with Crippen LogP contribution >= 0.6 is 0 Å². The molecule has 2 aromatic rings. The molecular formula is C20H20N2O4. The number of benzene rings is 2. The van der Waals surface area contributed by atoms with Crippen LogP contribution in [0.1, 0.15) is 24.5 Å². The summed E-state index contributed by atoms with van der Waals surface area (Å²) in [6, 6.07) is 15.9. The van der Waals surface area contributed by atoms with Gasteiger partial charge in [-0.2, -0.15) is 5.26 Å². The normalized spacial score (nSPS) is 9.85.